The van der Waals surface area contributed by atoms with Crippen molar-refractivity contribution in [2.45, 2.75) is 20.0 Å². The third-order valence-electron chi connectivity index (χ3n) is 5.14. The van der Waals surface area contributed by atoms with Gasteiger partial charge in [-0.1, -0.05) is 30.3 Å². The van der Waals surface area contributed by atoms with E-state index in [1.54, 1.807) is 55.6 Å². The van der Waals surface area contributed by atoms with Crippen molar-refractivity contribution in [1.82, 2.24) is 10.3 Å². The third kappa shape index (κ3) is 3.92. The smallest absolute Gasteiger partial charge is 0.321 e. The van der Waals surface area contributed by atoms with E-state index in [0.29, 0.717) is 22.6 Å². The van der Waals surface area contributed by atoms with E-state index in [-0.39, 0.29) is 5.56 Å². The number of aromatic nitrogens is 1. The molecular formula is C23H22FN5O2. The molecule has 2 heterocycles. The molecule has 0 radical (unpaired) electrons. The largest absolute Gasteiger partial charge is 0.361 e. The van der Waals surface area contributed by atoms with E-state index in [2.05, 4.69) is 20.6 Å². The second-order valence-corrected chi connectivity index (χ2v) is 7.36. The summed E-state index contributed by atoms with van der Waals surface area (Å²) in [6.07, 6.45) is -1.23. The number of hydrogen-bond donors (Lipinski definition) is 3. The predicted octanol–water partition coefficient (Wildman–Crippen LogP) is 3.73. The van der Waals surface area contributed by atoms with E-state index in [1.807, 2.05) is 13.8 Å². The van der Waals surface area contributed by atoms with Crippen LogP contribution < -0.4 is 15.5 Å². The molecule has 0 saturated heterocycles. The number of aryl methyl sites for hydroxylation is 2. The van der Waals surface area contributed by atoms with Crippen molar-refractivity contribution in [3.8, 4) is 0 Å². The molecule has 31 heavy (non-hydrogen) atoms. The molecule has 0 aliphatic carbocycles. The molecule has 1 atom stereocenters. The Morgan fingerprint density at radius 3 is 2.45 bits per heavy atom. The van der Waals surface area contributed by atoms with E-state index in [0.717, 1.165) is 11.4 Å². The highest BCUT2D eigenvalue weighted by molar-refractivity contribution is 6.20. The number of carbonyl (C=O) groups excluding carboxylic acids is 2. The van der Waals surface area contributed by atoms with Gasteiger partial charge in [0.1, 0.15) is 5.82 Å². The normalized spacial score (nSPS) is 15.7. The van der Waals surface area contributed by atoms with E-state index in [1.165, 1.54) is 11.0 Å². The number of likely N-dealkylation sites (N-methyl/N-ethyl adjacent to an activating group) is 1. The molecular weight excluding hydrogens is 397 g/mol. The SMILES string of the molecule is Cc1cc(NC(=O)NC2N=C(c3ccccc3F)c3ccccc3N(C)C2=O)c(C)[nH]1. The zero-order valence-electron chi connectivity index (χ0n) is 17.4. The molecule has 1 aliphatic rings. The second kappa shape index (κ2) is 8.06. The molecule has 3 aromatic rings. The average Bonchev–Trinajstić information content (AvgIpc) is 3.02. The molecule has 1 aromatic heterocycles. The van der Waals surface area contributed by atoms with Crippen molar-refractivity contribution >= 4 is 29.0 Å². The summed E-state index contributed by atoms with van der Waals surface area (Å²) >= 11 is 0. The maximum Gasteiger partial charge on any atom is 0.321 e. The Labute approximate surface area is 179 Å². The van der Waals surface area contributed by atoms with Crippen LogP contribution in [0.4, 0.5) is 20.6 Å². The van der Waals surface area contributed by atoms with Gasteiger partial charge in [-0.05, 0) is 38.1 Å². The first-order chi connectivity index (χ1) is 14.8. The Balaban J connectivity index is 1.73. The number of carbonyl (C=O) groups is 2. The number of rotatable bonds is 3. The summed E-state index contributed by atoms with van der Waals surface area (Å²) in [5.74, 6) is -0.898. The summed E-state index contributed by atoms with van der Waals surface area (Å²) in [4.78, 5) is 34.8. The van der Waals surface area contributed by atoms with Crippen LogP contribution in [-0.2, 0) is 4.79 Å². The predicted molar refractivity (Wildman–Crippen MR) is 118 cm³/mol. The number of halogens is 1. The molecule has 1 unspecified atom stereocenters. The highest BCUT2D eigenvalue weighted by Gasteiger charge is 2.31. The minimum Gasteiger partial charge on any atom is -0.361 e. The molecule has 7 nitrogen and oxygen atoms in total. The fraction of sp³-hybridized carbons (Fsp3) is 0.174. The number of H-pyrrole nitrogens is 1. The van der Waals surface area contributed by atoms with Crippen LogP contribution in [0.1, 0.15) is 22.5 Å². The van der Waals surface area contributed by atoms with Crippen LogP contribution in [0.2, 0.25) is 0 Å². The number of nitrogens with zero attached hydrogens (tertiary/aromatic N) is 2. The van der Waals surface area contributed by atoms with Crippen LogP contribution in [-0.4, -0.2) is 35.8 Å². The number of aromatic amines is 1. The first-order valence-electron chi connectivity index (χ1n) is 9.78. The van der Waals surface area contributed by atoms with E-state index >= 15 is 0 Å². The lowest BCUT2D eigenvalue weighted by Gasteiger charge is -2.21. The zero-order valence-corrected chi connectivity index (χ0v) is 17.4. The number of benzene rings is 2. The summed E-state index contributed by atoms with van der Waals surface area (Å²) < 4.78 is 14.6. The lowest BCUT2D eigenvalue weighted by atomic mass is 10.00. The monoisotopic (exact) mass is 419 g/mol. The van der Waals surface area contributed by atoms with Gasteiger partial charge in [0.15, 0.2) is 0 Å². The van der Waals surface area contributed by atoms with Gasteiger partial charge >= 0.3 is 6.03 Å². The minimum absolute atomic E-state index is 0.252. The summed E-state index contributed by atoms with van der Waals surface area (Å²) in [6, 6.07) is 14.6. The van der Waals surface area contributed by atoms with Crippen molar-refractivity contribution < 1.29 is 14.0 Å². The molecule has 8 heteroatoms. The van der Waals surface area contributed by atoms with Crippen LogP contribution in [0.25, 0.3) is 0 Å². The maximum absolute atomic E-state index is 14.6. The zero-order chi connectivity index (χ0) is 22.1. The van der Waals surface area contributed by atoms with Crippen LogP contribution in [0.5, 0.6) is 0 Å². The molecule has 0 spiro atoms. The molecule has 3 N–H and O–H groups in total. The standard InChI is InChI=1S/C23H22FN5O2/c1-13-12-18(14(2)25-13)26-23(31)28-21-22(30)29(3)19-11-7-5-9-16(19)20(27-21)15-8-4-6-10-17(15)24/h4-12,21,25H,1-3H3,(H2,26,28,31). The summed E-state index contributed by atoms with van der Waals surface area (Å²) in [5.41, 5.74) is 4.02. The van der Waals surface area contributed by atoms with Gasteiger partial charge in [0, 0.05) is 29.6 Å². The number of nitrogens with one attached hydrogen (secondary N) is 3. The lowest BCUT2D eigenvalue weighted by Crippen LogP contribution is -2.47. The van der Waals surface area contributed by atoms with Crippen LogP contribution in [0.3, 0.4) is 0 Å². The lowest BCUT2D eigenvalue weighted by molar-refractivity contribution is -0.119. The first kappa shape index (κ1) is 20.3. The Morgan fingerprint density at radius 2 is 1.77 bits per heavy atom. The molecule has 0 bridgehead atoms. The number of benzodiazepines with no additional fused rings is 1. The van der Waals surface area contributed by atoms with Crippen molar-refractivity contribution in [2.24, 2.45) is 4.99 Å². The number of fused-ring (bicyclic) bond motifs is 1. The molecule has 2 aromatic carbocycles. The van der Waals surface area contributed by atoms with Crippen molar-refractivity contribution in [1.29, 1.82) is 0 Å². The van der Waals surface area contributed by atoms with Gasteiger partial charge in [0.25, 0.3) is 5.91 Å². The van der Waals surface area contributed by atoms with Crippen LogP contribution >= 0.6 is 0 Å². The molecule has 4 rings (SSSR count). The number of aliphatic imine (C=N–C) groups is 1. The Morgan fingerprint density at radius 1 is 1.10 bits per heavy atom. The fourth-order valence-electron chi connectivity index (χ4n) is 3.62. The second-order valence-electron chi connectivity index (χ2n) is 7.36. The number of amides is 3. The quantitative estimate of drug-likeness (QED) is 0.604. The Hall–Kier alpha value is -3.94. The van der Waals surface area contributed by atoms with Crippen LogP contribution in [0, 0.1) is 19.7 Å². The van der Waals surface area contributed by atoms with Gasteiger partial charge in [-0.15, -0.1) is 0 Å². The molecule has 0 saturated carbocycles. The van der Waals surface area contributed by atoms with Crippen LogP contribution in [0.15, 0.2) is 59.6 Å². The number of urea groups is 1. The fourth-order valence-corrected chi connectivity index (χ4v) is 3.62. The van der Waals surface area contributed by atoms with Gasteiger partial charge < -0.3 is 20.5 Å². The molecule has 158 valence electrons. The minimum atomic E-state index is -1.23. The summed E-state index contributed by atoms with van der Waals surface area (Å²) in [6.45, 7) is 3.71. The van der Waals surface area contributed by atoms with Crippen molar-refractivity contribution in [3.05, 3.63) is 82.9 Å². The van der Waals surface area contributed by atoms with Gasteiger partial charge in [-0.2, -0.15) is 0 Å². The van der Waals surface area contributed by atoms with Gasteiger partial charge in [0.2, 0.25) is 6.17 Å². The molecule has 1 aliphatic heterocycles. The average molecular weight is 419 g/mol. The number of anilines is 2. The van der Waals surface area contributed by atoms with Gasteiger partial charge in [-0.25, -0.2) is 14.2 Å². The summed E-state index contributed by atoms with van der Waals surface area (Å²) in [7, 11) is 1.60. The molecule has 3 amide bonds. The van der Waals surface area contributed by atoms with Crippen molar-refractivity contribution in [2.75, 3.05) is 17.3 Å². The highest BCUT2D eigenvalue weighted by atomic mass is 19.1. The van der Waals surface area contributed by atoms with Crippen molar-refractivity contribution in [3.63, 3.8) is 0 Å². The highest BCUT2D eigenvalue weighted by Crippen LogP contribution is 2.28. The summed E-state index contributed by atoms with van der Waals surface area (Å²) in [5, 5.41) is 5.34. The molecule has 0 fully saturated rings. The van der Waals surface area contributed by atoms with E-state index in [4.69, 9.17) is 0 Å². The van der Waals surface area contributed by atoms with Gasteiger partial charge in [-0.3, -0.25) is 4.79 Å². The first-order valence-corrected chi connectivity index (χ1v) is 9.78. The Bertz CT molecular complexity index is 1200. The van der Waals surface area contributed by atoms with E-state index in [9.17, 15) is 14.0 Å². The number of hydrogen-bond acceptors (Lipinski definition) is 3. The topological polar surface area (TPSA) is 89.6 Å². The number of para-hydroxylation sites is 1. The maximum atomic E-state index is 14.6. The Kier molecular flexibility index (Phi) is 5.29. The van der Waals surface area contributed by atoms with E-state index < -0.39 is 23.9 Å². The van der Waals surface area contributed by atoms with Gasteiger partial charge in [0.05, 0.1) is 17.1 Å². The third-order valence-corrected chi connectivity index (χ3v) is 5.14.